The van der Waals surface area contributed by atoms with Gasteiger partial charge in [-0.25, -0.2) is 4.39 Å². The molecule has 0 saturated carbocycles. The normalized spacial score (nSPS) is 10.6. The maximum Gasteiger partial charge on any atom is 0.227 e. The third-order valence-electron chi connectivity index (χ3n) is 2.34. The number of amides is 1. The van der Waals surface area contributed by atoms with Crippen LogP contribution in [-0.4, -0.2) is 12.5 Å². The molecule has 0 bridgehead atoms. The third-order valence-corrected chi connectivity index (χ3v) is 2.34. The zero-order chi connectivity index (χ0) is 12.1. The Morgan fingerprint density at radius 1 is 1.31 bits per heavy atom. The van der Waals surface area contributed by atoms with E-state index in [-0.39, 0.29) is 11.7 Å². The molecule has 0 radical (unpaired) electrons. The first kappa shape index (κ1) is 12.7. The second-order valence-electron chi connectivity index (χ2n) is 4.21. The molecule has 0 aromatic heterocycles. The molecule has 0 spiro atoms. The third kappa shape index (κ3) is 3.33. The van der Waals surface area contributed by atoms with Crippen molar-refractivity contribution in [3.8, 4) is 0 Å². The van der Waals surface area contributed by atoms with Crippen molar-refractivity contribution in [2.24, 2.45) is 5.92 Å². The van der Waals surface area contributed by atoms with Gasteiger partial charge in [0, 0.05) is 18.7 Å². The lowest BCUT2D eigenvalue weighted by atomic mass is 10.1. The molecule has 0 N–H and O–H groups in total. The molecule has 1 rings (SSSR count). The molecule has 1 aromatic carbocycles. The van der Waals surface area contributed by atoms with E-state index in [2.05, 4.69) is 0 Å². The number of nitrogens with zero attached hydrogens (tertiary/aromatic N) is 1. The van der Waals surface area contributed by atoms with E-state index in [4.69, 9.17) is 0 Å². The summed E-state index contributed by atoms with van der Waals surface area (Å²) >= 11 is 0. The van der Waals surface area contributed by atoms with E-state index < -0.39 is 0 Å². The zero-order valence-electron chi connectivity index (χ0n) is 10.0. The van der Waals surface area contributed by atoms with Crippen LogP contribution in [0.15, 0.2) is 24.3 Å². The Bertz CT molecular complexity index is 345. The average molecular weight is 223 g/mol. The van der Waals surface area contributed by atoms with Crippen molar-refractivity contribution in [1.29, 1.82) is 0 Å². The number of rotatable bonds is 4. The zero-order valence-corrected chi connectivity index (χ0v) is 10.0. The lowest BCUT2D eigenvalue weighted by Crippen LogP contribution is -2.31. The number of carbonyl (C=O) groups excluding carboxylic acids is 1. The van der Waals surface area contributed by atoms with Crippen LogP contribution in [0.25, 0.3) is 0 Å². The fourth-order valence-electron chi connectivity index (χ4n) is 1.58. The van der Waals surface area contributed by atoms with Crippen LogP contribution in [0.1, 0.15) is 27.2 Å². The Morgan fingerprint density at radius 2 is 1.88 bits per heavy atom. The van der Waals surface area contributed by atoms with Gasteiger partial charge in [-0.1, -0.05) is 13.8 Å². The molecule has 0 saturated heterocycles. The Balaban J connectivity index is 2.81. The number of anilines is 1. The van der Waals surface area contributed by atoms with Gasteiger partial charge in [0.25, 0.3) is 0 Å². The maximum absolute atomic E-state index is 12.8. The lowest BCUT2D eigenvalue weighted by molar-refractivity contribution is -0.119. The summed E-state index contributed by atoms with van der Waals surface area (Å²) in [4.78, 5) is 13.6. The molecule has 1 aromatic rings. The van der Waals surface area contributed by atoms with Gasteiger partial charge in [0.1, 0.15) is 5.82 Å². The van der Waals surface area contributed by atoms with E-state index >= 15 is 0 Å². The highest BCUT2D eigenvalue weighted by Crippen LogP contribution is 2.17. The van der Waals surface area contributed by atoms with E-state index in [0.29, 0.717) is 18.9 Å². The molecule has 88 valence electrons. The fourth-order valence-corrected chi connectivity index (χ4v) is 1.58. The van der Waals surface area contributed by atoms with Gasteiger partial charge in [-0.3, -0.25) is 4.79 Å². The molecule has 0 unspecified atom stereocenters. The van der Waals surface area contributed by atoms with Crippen LogP contribution in [0.5, 0.6) is 0 Å². The summed E-state index contributed by atoms with van der Waals surface area (Å²) in [6.07, 6.45) is 0.519. The predicted molar refractivity (Wildman–Crippen MR) is 63.9 cm³/mol. The number of benzene rings is 1. The molecular formula is C13H18FNO. The van der Waals surface area contributed by atoms with E-state index in [1.807, 2.05) is 20.8 Å². The minimum absolute atomic E-state index is 0.0871. The Hall–Kier alpha value is -1.38. The van der Waals surface area contributed by atoms with Gasteiger partial charge in [-0.2, -0.15) is 0 Å². The van der Waals surface area contributed by atoms with Gasteiger partial charge < -0.3 is 4.90 Å². The van der Waals surface area contributed by atoms with Crippen molar-refractivity contribution in [3.05, 3.63) is 30.1 Å². The average Bonchev–Trinajstić information content (AvgIpc) is 2.21. The highest BCUT2D eigenvalue weighted by Gasteiger charge is 2.14. The van der Waals surface area contributed by atoms with E-state index in [1.54, 1.807) is 17.0 Å². The second-order valence-corrected chi connectivity index (χ2v) is 4.21. The topological polar surface area (TPSA) is 20.3 Å². The summed E-state index contributed by atoms with van der Waals surface area (Å²) in [7, 11) is 0. The number of halogens is 1. The van der Waals surface area contributed by atoms with Crippen LogP contribution in [0.2, 0.25) is 0 Å². The Morgan fingerprint density at radius 3 is 2.31 bits per heavy atom. The smallest absolute Gasteiger partial charge is 0.227 e. The van der Waals surface area contributed by atoms with E-state index in [9.17, 15) is 9.18 Å². The van der Waals surface area contributed by atoms with Crippen molar-refractivity contribution >= 4 is 11.6 Å². The van der Waals surface area contributed by atoms with Gasteiger partial charge in [0.2, 0.25) is 5.91 Å². The molecular weight excluding hydrogens is 205 g/mol. The first-order valence-electron chi connectivity index (χ1n) is 5.60. The summed E-state index contributed by atoms with van der Waals surface area (Å²) < 4.78 is 12.8. The number of hydrogen-bond donors (Lipinski definition) is 0. The van der Waals surface area contributed by atoms with Crippen molar-refractivity contribution in [2.45, 2.75) is 27.2 Å². The largest absolute Gasteiger partial charge is 0.313 e. The molecule has 16 heavy (non-hydrogen) atoms. The van der Waals surface area contributed by atoms with Crippen molar-refractivity contribution in [1.82, 2.24) is 0 Å². The van der Waals surface area contributed by atoms with Crippen molar-refractivity contribution in [2.75, 3.05) is 11.4 Å². The molecule has 2 nitrogen and oxygen atoms in total. The van der Waals surface area contributed by atoms with E-state index in [0.717, 1.165) is 5.69 Å². The summed E-state index contributed by atoms with van der Waals surface area (Å²) in [5.74, 6) is 0.141. The van der Waals surface area contributed by atoms with Gasteiger partial charge in [0.05, 0.1) is 0 Å². The molecule has 0 atom stereocenters. The highest BCUT2D eigenvalue weighted by atomic mass is 19.1. The van der Waals surface area contributed by atoms with E-state index in [1.165, 1.54) is 12.1 Å². The fraction of sp³-hybridized carbons (Fsp3) is 0.462. The minimum atomic E-state index is -0.281. The van der Waals surface area contributed by atoms with Crippen LogP contribution < -0.4 is 4.90 Å². The van der Waals surface area contributed by atoms with Gasteiger partial charge in [-0.15, -0.1) is 0 Å². The standard InChI is InChI=1S/C13H18FNO/c1-4-15(13(16)9-10(2)3)12-7-5-11(14)6-8-12/h5-8,10H,4,9H2,1-3H3. The minimum Gasteiger partial charge on any atom is -0.313 e. The first-order chi connectivity index (χ1) is 7.54. The van der Waals surface area contributed by atoms with Crippen molar-refractivity contribution < 1.29 is 9.18 Å². The highest BCUT2D eigenvalue weighted by molar-refractivity contribution is 5.93. The van der Waals surface area contributed by atoms with Gasteiger partial charge >= 0.3 is 0 Å². The monoisotopic (exact) mass is 223 g/mol. The molecule has 0 aliphatic heterocycles. The summed E-state index contributed by atoms with van der Waals surface area (Å²) in [5.41, 5.74) is 0.759. The van der Waals surface area contributed by atoms with Crippen LogP contribution in [0.3, 0.4) is 0 Å². The molecule has 0 fully saturated rings. The summed E-state index contributed by atoms with van der Waals surface area (Å²) in [5, 5.41) is 0. The lowest BCUT2D eigenvalue weighted by Gasteiger charge is -2.22. The molecule has 0 aliphatic carbocycles. The predicted octanol–water partition coefficient (Wildman–Crippen LogP) is 3.22. The summed E-state index contributed by atoms with van der Waals surface area (Å²) in [6.45, 7) is 6.55. The van der Waals surface area contributed by atoms with Crippen LogP contribution in [0, 0.1) is 11.7 Å². The van der Waals surface area contributed by atoms with Gasteiger partial charge in [-0.05, 0) is 37.1 Å². The molecule has 1 amide bonds. The number of hydrogen-bond acceptors (Lipinski definition) is 1. The van der Waals surface area contributed by atoms with Crippen LogP contribution in [0.4, 0.5) is 10.1 Å². The Kier molecular flexibility index (Phi) is 4.47. The Labute approximate surface area is 96.1 Å². The maximum atomic E-state index is 12.8. The van der Waals surface area contributed by atoms with Crippen LogP contribution >= 0.6 is 0 Å². The van der Waals surface area contributed by atoms with Crippen LogP contribution in [-0.2, 0) is 4.79 Å². The molecule has 0 heterocycles. The molecule has 3 heteroatoms. The van der Waals surface area contributed by atoms with Gasteiger partial charge in [0.15, 0.2) is 0 Å². The number of carbonyl (C=O) groups is 1. The SMILES string of the molecule is CCN(C(=O)CC(C)C)c1ccc(F)cc1. The quantitative estimate of drug-likeness (QED) is 0.767. The molecule has 0 aliphatic rings. The first-order valence-corrected chi connectivity index (χ1v) is 5.60. The summed E-state index contributed by atoms with van der Waals surface area (Å²) in [6, 6.07) is 6.02. The second kappa shape index (κ2) is 5.64. The van der Waals surface area contributed by atoms with Crippen molar-refractivity contribution in [3.63, 3.8) is 0 Å².